The summed E-state index contributed by atoms with van der Waals surface area (Å²) in [5.74, 6) is 0.231. The van der Waals surface area contributed by atoms with E-state index in [9.17, 15) is 4.79 Å². The molecule has 1 aromatic carbocycles. The van der Waals surface area contributed by atoms with Crippen molar-refractivity contribution in [1.82, 2.24) is 4.90 Å². The standard InChI is InChI=1S/C17H25N3O/c1-11(2)20-16(21)7-5-14(18)17(20)13-4-6-15-12(10-13)8-9-19(15)3/h4,6,10-11,14,17H,5,7-9,18H2,1-3H3. The van der Waals surface area contributed by atoms with Gasteiger partial charge in [0, 0.05) is 37.8 Å². The summed E-state index contributed by atoms with van der Waals surface area (Å²) in [6.07, 6.45) is 2.44. The Morgan fingerprint density at radius 1 is 1.29 bits per heavy atom. The van der Waals surface area contributed by atoms with Gasteiger partial charge >= 0.3 is 0 Å². The number of rotatable bonds is 2. The maximum Gasteiger partial charge on any atom is 0.223 e. The molecule has 3 rings (SSSR count). The molecule has 2 aliphatic heterocycles. The summed E-state index contributed by atoms with van der Waals surface area (Å²) in [6, 6.07) is 6.83. The van der Waals surface area contributed by atoms with Crippen LogP contribution in [0, 0.1) is 0 Å². The number of carbonyl (C=O) groups is 1. The van der Waals surface area contributed by atoms with Crippen LogP contribution in [0.4, 0.5) is 5.69 Å². The number of benzene rings is 1. The Hall–Kier alpha value is -1.55. The Kier molecular flexibility index (Phi) is 3.66. The monoisotopic (exact) mass is 287 g/mol. The maximum atomic E-state index is 12.3. The molecule has 4 heteroatoms. The average molecular weight is 287 g/mol. The smallest absolute Gasteiger partial charge is 0.223 e. The lowest BCUT2D eigenvalue weighted by molar-refractivity contribution is -0.139. The highest BCUT2D eigenvalue weighted by Gasteiger charge is 2.36. The van der Waals surface area contributed by atoms with Crippen LogP contribution in [-0.2, 0) is 11.2 Å². The van der Waals surface area contributed by atoms with E-state index in [4.69, 9.17) is 5.73 Å². The molecule has 0 bridgehead atoms. The summed E-state index contributed by atoms with van der Waals surface area (Å²) in [6.45, 7) is 5.22. The molecule has 0 spiro atoms. The number of hydrogen-bond donors (Lipinski definition) is 1. The van der Waals surface area contributed by atoms with Gasteiger partial charge in [-0.3, -0.25) is 4.79 Å². The average Bonchev–Trinajstić information content (AvgIpc) is 2.81. The molecule has 2 atom stereocenters. The molecule has 1 amide bonds. The Morgan fingerprint density at radius 3 is 2.76 bits per heavy atom. The van der Waals surface area contributed by atoms with Crippen molar-refractivity contribution in [1.29, 1.82) is 0 Å². The fourth-order valence-corrected chi connectivity index (χ4v) is 3.73. The first-order valence-corrected chi connectivity index (χ1v) is 7.89. The number of likely N-dealkylation sites (N-methyl/N-ethyl adjacent to an activating group) is 1. The molecule has 1 fully saturated rings. The van der Waals surface area contributed by atoms with Crippen LogP contribution in [0.25, 0.3) is 0 Å². The van der Waals surface area contributed by atoms with Crippen LogP contribution >= 0.6 is 0 Å². The zero-order valence-corrected chi connectivity index (χ0v) is 13.2. The largest absolute Gasteiger partial charge is 0.374 e. The molecule has 0 saturated carbocycles. The normalized spacial score (nSPS) is 25.7. The molecule has 1 aromatic rings. The highest BCUT2D eigenvalue weighted by atomic mass is 16.2. The van der Waals surface area contributed by atoms with Gasteiger partial charge in [0.1, 0.15) is 0 Å². The van der Waals surface area contributed by atoms with Gasteiger partial charge in [-0.1, -0.05) is 12.1 Å². The van der Waals surface area contributed by atoms with Gasteiger partial charge in [-0.25, -0.2) is 0 Å². The molecule has 2 aliphatic rings. The van der Waals surface area contributed by atoms with Crippen molar-refractivity contribution < 1.29 is 4.79 Å². The minimum Gasteiger partial charge on any atom is -0.374 e. The van der Waals surface area contributed by atoms with Gasteiger partial charge in [-0.05, 0) is 43.9 Å². The number of carbonyl (C=O) groups excluding carboxylic acids is 1. The minimum absolute atomic E-state index is 0.0162. The number of hydrogen-bond acceptors (Lipinski definition) is 3. The number of piperidine rings is 1. The SMILES string of the molecule is CC(C)N1C(=O)CCC(N)C1c1ccc2c(c1)CCN2C. The second-order valence-electron chi connectivity index (χ2n) is 6.60. The molecule has 2 heterocycles. The number of amides is 1. The van der Waals surface area contributed by atoms with E-state index in [-0.39, 0.29) is 24.0 Å². The van der Waals surface area contributed by atoms with Crippen LogP contribution in [0.1, 0.15) is 43.9 Å². The predicted molar refractivity (Wildman–Crippen MR) is 85.3 cm³/mol. The van der Waals surface area contributed by atoms with Crippen molar-refractivity contribution in [3.63, 3.8) is 0 Å². The molecule has 21 heavy (non-hydrogen) atoms. The zero-order valence-electron chi connectivity index (χ0n) is 13.2. The second-order valence-corrected chi connectivity index (χ2v) is 6.60. The maximum absolute atomic E-state index is 12.3. The molecular weight excluding hydrogens is 262 g/mol. The van der Waals surface area contributed by atoms with Gasteiger partial charge in [-0.15, -0.1) is 0 Å². The first-order valence-electron chi connectivity index (χ1n) is 7.89. The van der Waals surface area contributed by atoms with Crippen molar-refractivity contribution in [3.8, 4) is 0 Å². The number of fused-ring (bicyclic) bond motifs is 1. The van der Waals surface area contributed by atoms with Crippen molar-refractivity contribution in [3.05, 3.63) is 29.3 Å². The van der Waals surface area contributed by atoms with Crippen LogP contribution in [0.3, 0.4) is 0 Å². The van der Waals surface area contributed by atoms with Crippen LogP contribution < -0.4 is 10.6 Å². The van der Waals surface area contributed by atoms with Crippen molar-refractivity contribution >= 4 is 11.6 Å². The van der Waals surface area contributed by atoms with Gasteiger partial charge in [-0.2, -0.15) is 0 Å². The van der Waals surface area contributed by atoms with Crippen molar-refractivity contribution in [2.75, 3.05) is 18.5 Å². The van der Waals surface area contributed by atoms with Gasteiger partial charge in [0.15, 0.2) is 0 Å². The lowest BCUT2D eigenvalue weighted by atomic mass is 9.88. The third-order valence-electron chi connectivity index (χ3n) is 4.81. The van der Waals surface area contributed by atoms with E-state index in [2.05, 4.69) is 44.0 Å². The Balaban J connectivity index is 1.98. The molecule has 2 unspecified atom stereocenters. The van der Waals surface area contributed by atoms with Crippen LogP contribution in [0.5, 0.6) is 0 Å². The molecule has 114 valence electrons. The van der Waals surface area contributed by atoms with Gasteiger partial charge in [0.05, 0.1) is 6.04 Å². The Bertz CT molecular complexity index is 555. The van der Waals surface area contributed by atoms with Gasteiger partial charge < -0.3 is 15.5 Å². The molecule has 1 saturated heterocycles. The molecule has 4 nitrogen and oxygen atoms in total. The summed E-state index contributed by atoms with van der Waals surface area (Å²) in [5.41, 5.74) is 10.3. The fourth-order valence-electron chi connectivity index (χ4n) is 3.73. The lowest BCUT2D eigenvalue weighted by Crippen LogP contribution is -2.51. The summed E-state index contributed by atoms with van der Waals surface area (Å²) < 4.78 is 0. The van der Waals surface area contributed by atoms with Crippen molar-refractivity contribution in [2.24, 2.45) is 5.73 Å². The highest BCUT2D eigenvalue weighted by molar-refractivity contribution is 5.78. The number of anilines is 1. The summed E-state index contributed by atoms with van der Waals surface area (Å²) >= 11 is 0. The van der Waals surface area contributed by atoms with E-state index < -0.39 is 0 Å². The third-order valence-corrected chi connectivity index (χ3v) is 4.81. The summed E-state index contributed by atoms with van der Waals surface area (Å²) in [5, 5.41) is 0. The molecule has 0 radical (unpaired) electrons. The van der Waals surface area contributed by atoms with E-state index in [1.165, 1.54) is 16.8 Å². The van der Waals surface area contributed by atoms with Crippen LogP contribution in [-0.4, -0.2) is 36.5 Å². The van der Waals surface area contributed by atoms with Crippen LogP contribution in [0.2, 0.25) is 0 Å². The number of nitrogens with zero attached hydrogens (tertiary/aromatic N) is 2. The first kappa shape index (κ1) is 14.4. The Morgan fingerprint density at radius 2 is 2.05 bits per heavy atom. The fraction of sp³-hybridized carbons (Fsp3) is 0.588. The first-order chi connectivity index (χ1) is 9.99. The number of likely N-dealkylation sites (tertiary alicyclic amines) is 1. The number of nitrogens with two attached hydrogens (primary N) is 1. The van der Waals surface area contributed by atoms with E-state index >= 15 is 0 Å². The van der Waals surface area contributed by atoms with Gasteiger partial charge in [0.25, 0.3) is 0 Å². The highest BCUT2D eigenvalue weighted by Crippen LogP contribution is 2.36. The Labute approximate surface area is 126 Å². The topological polar surface area (TPSA) is 49.6 Å². The molecule has 0 aromatic heterocycles. The van der Waals surface area contributed by atoms with Gasteiger partial charge in [0.2, 0.25) is 5.91 Å². The van der Waals surface area contributed by atoms with Crippen molar-refractivity contribution in [2.45, 2.75) is 51.2 Å². The second kappa shape index (κ2) is 5.34. The van der Waals surface area contributed by atoms with E-state index in [0.717, 1.165) is 19.4 Å². The summed E-state index contributed by atoms with van der Waals surface area (Å²) in [4.78, 5) is 16.6. The molecular formula is C17H25N3O. The minimum atomic E-state index is 0.0162. The van der Waals surface area contributed by atoms with E-state index in [0.29, 0.717) is 6.42 Å². The van der Waals surface area contributed by atoms with E-state index in [1.54, 1.807) is 0 Å². The molecule has 2 N–H and O–H groups in total. The lowest BCUT2D eigenvalue weighted by Gasteiger charge is -2.42. The predicted octanol–water partition coefficient (Wildman–Crippen LogP) is 2.08. The summed E-state index contributed by atoms with van der Waals surface area (Å²) in [7, 11) is 2.13. The molecule has 0 aliphatic carbocycles. The zero-order chi connectivity index (χ0) is 15.1. The quantitative estimate of drug-likeness (QED) is 0.906. The van der Waals surface area contributed by atoms with Crippen LogP contribution in [0.15, 0.2) is 18.2 Å². The third kappa shape index (κ3) is 2.42. The van der Waals surface area contributed by atoms with E-state index in [1.807, 2.05) is 4.90 Å².